The van der Waals surface area contributed by atoms with Gasteiger partial charge in [0.15, 0.2) is 0 Å². The highest BCUT2D eigenvalue weighted by Gasteiger charge is 2.20. The van der Waals surface area contributed by atoms with Gasteiger partial charge in [0, 0.05) is 24.4 Å². The molecule has 1 amide bonds. The second-order valence-electron chi connectivity index (χ2n) is 5.58. The lowest BCUT2D eigenvalue weighted by Gasteiger charge is -2.11. The van der Waals surface area contributed by atoms with E-state index in [4.69, 9.17) is 0 Å². The van der Waals surface area contributed by atoms with E-state index in [0.29, 0.717) is 21.4 Å². The molecule has 0 bridgehead atoms. The fourth-order valence-electron chi connectivity index (χ4n) is 2.46. The molecule has 0 unspecified atom stereocenters. The van der Waals surface area contributed by atoms with E-state index in [0.717, 1.165) is 17.3 Å². The maximum absolute atomic E-state index is 11.9. The number of rotatable bonds is 3. The lowest BCUT2D eigenvalue weighted by molar-refractivity contribution is -0.384. The quantitative estimate of drug-likeness (QED) is 0.391. The fourth-order valence-corrected chi connectivity index (χ4v) is 3.16. The number of aromatic nitrogens is 1. The molecule has 0 aliphatic heterocycles. The number of nitro groups is 1. The number of nitrogens with zero attached hydrogens (tertiary/aromatic N) is 3. The summed E-state index contributed by atoms with van der Waals surface area (Å²) in [5.41, 5.74) is 1.84. The van der Waals surface area contributed by atoms with Crippen LogP contribution in [0, 0.1) is 10.1 Å². The van der Waals surface area contributed by atoms with Gasteiger partial charge >= 0.3 is 0 Å². The standard InChI is InChI=1S/C18H15N3O3S/c1-20(2)18(22)25-13-8-9-15-14(10-13)17(12-6-4-3-5-7-12)16(11-19-15)21(23)24/h3-11H,1-2H3. The molecular weight excluding hydrogens is 338 g/mol. The van der Waals surface area contributed by atoms with Crippen molar-refractivity contribution >= 4 is 33.6 Å². The van der Waals surface area contributed by atoms with Crippen molar-refractivity contribution in [2.24, 2.45) is 0 Å². The van der Waals surface area contributed by atoms with Gasteiger partial charge in [-0.05, 0) is 35.5 Å². The first-order valence-corrected chi connectivity index (χ1v) is 8.30. The highest BCUT2D eigenvalue weighted by atomic mass is 32.2. The number of carbonyl (C=O) groups excluding carboxylic acids is 1. The topological polar surface area (TPSA) is 76.3 Å². The van der Waals surface area contributed by atoms with Crippen LogP contribution in [0.3, 0.4) is 0 Å². The van der Waals surface area contributed by atoms with Gasteiger partial charge in [-0.2, -0.15) is 0 Å². The SMILES string of the molecule is CN(C)C(=O)Sc1ccc2ncc([N+](=O)[O-])c(-c3ccccc3)c2c1. The van der Waals surface area contributed by atoms with Crippen molar-refractivity contribution < 1.29 is 9.72 Å². The Morgan fingerprint density at radius 2 is 1.88 bits per heavy atom. The Bertz CT molecular complexity index is 958. The molecule has 0 N–H and O–H groups in total. The first-order valence-electron chi connectivity index (χ1n) is 7.49. The molecule has 0 atom stereocenters. The summed E-state index contributed by atoms with van der Waals surface area (Å²) in [7, 11) is 3.36. The van der Waals surface area contributed by atoms with E-state index in [1.165, 1.54) is 11.1 Å². The molecule has 7 heteroatoms. The van der Waals surface area contributed by atoms with Crippen molar-refractivity contribution in [3.05, 3.63) is 64.8 Å². The van der Waals surface area contributed by atoms with Crippen LogP contribution in [0.4, 0.5) is 10.5 Å². The zero-order chi connectivity index (χ0) is 18.0. The number of pyridine rings is 1. The van der Waals surface area contributed by atoms with Crippen LogP contribution in [-0.4, -0.2) is 34.1 Å². The normalized spacial score (nSPS) is 10.6. The van der Waals surface area contributed by atoms with Crippen molar-refractivity contribution in [3.8, 4) is 11.1 Å². The van der Waals surface area contributed by atoms with Gasteiger partial charge in [-0.1, -0.05) is 30.3 Å². The Morgan fingerprint density at radius 1 is 1.16 bits per heavy atom. The van der Waals surface area contributed by atoms with Gasteiger partial charge < -0.3 is 4.90 Å². The van der Waals surface area contributed by atoms with Crippen molar-refractivity contribution in [1.82, 2.24) is 9.88 Å². The zero-order valence-electron chi connectivity index (χ0n) is 13.7. The minimum atomic E-state index is -0.431. The highest BCUT2D eigenvalue weighted by Crippen LogP contribution is 2.37. The van der Waals surface area contributed by atoms with E-state index in [1.54, 1.807) is 32.3 Å². The first kappa shape index (κ1) is 16.9. The van der Waals surface area contributed by atoms with Crippen LogP contribution in [0.1, 0.15) is 0 Å². The van der Waals surface area contributed by atoms with E-state index in [2.05, 4.69) is 4.98 Å². The van der Waals surface area contributed by atoms with Gasteiger partial charge in [-0.3, -0.25) is 14.9 Å². The summed E-state index contributed by atoms with van der Waals surface area (Å²) in [5.74, 6) is 0. The first-order chi connectivity index (χ1) is 12.0. The lowest BCUT2D eigenvalue weighted by Crippen LogP contribution is -2.15. The Morgan fingerprint density at radius 3 is 2.52 bits per heavy atom. The molecule has 0 aliphatic carbocycles. The van der Waals surface area contributed by atoms with Crippen LogP contribution < -0.4 is 0 Å². The largest absolute Gasteiger partial charge is 0.339 e. The smallest absolute Gasteiger partial charge is 0.295 e. The van der Waals surface area contributed by atoms with Crippen molar-refractivity contribution in [2.75, 3.05) is 14.1 Å². The van der Waals surface area contributed by atoms with Crippen LogP contribution >= 0.6 is 11.8 Å². The average Bonchev–Trinajstić information content (AvgIpc) is 2.61. The van der Waals surface area contributed by atoms with Gasteiger partial charge in [0.2, 0.25) is 0 Å². The van der Waals surface area contributed by atoms with Gasteiger partial charge in [-0.15, -0.1) is 0 Å². The van der Waals surface area contributed by atoms with Crippen molar-refractivity contribution in [2.45, 2.75) is 4.90 Å². The maximum Gasteiger partial charge on any atom is 0.295 e. The summed E-state index contributed by atoms with van der Waals surface area (Å²) in [6, 6.07) is 14.5. The van der Waals surface area contributed by atoms with Crippen LogP contribution in [0.25, 0.3) is 22.0 Å². The number of carbonyl (C=O) groups is 1. The van der Waals surface area contributed by atoms with Crippen LogP contribution in [0.5, 0.6) is 0 Å². The molecule has 0 radical (unpaired) electrons. The predicted molar refractivity (Wildman–Crippen MR) is 98.8 cm³/mol. The lowest BCUT2D eigenvalue weighted by atomic mass is 10.00. The molecule has 3 rings (SSSR count). The molecule has 2 aromatic carbocycles. The van der Waals surface area contributed by atoms with E-state index in [9.17, 15) is 14.9 Å². The van der Waals surface area contributed by atoms with Crippen LogP contribution in [0.15, 0.2) is 59.6 Å². The molecule has 6 nitrogen and oxygen atoms in total. The zero-order valence-corrected chi connectivity index (χ0v) is 14.5. The molecule has 25 heavy (non-hydrogen) atoms. The number of hydrogen-bond acceptors (Lipinski definition) is 5. The van der Waals surface area contributed by atoms with Crippen LogP contribution in [-0.2, 0) is 0 Å². The number of hydrogen-bond donors (Lipinski definition) is 0. The van der Waals surface area contributed by atoms with Gasteiger partial charge in [-0.25, -0.2) is 4.98 Å². The highest BCUT2D eigenvalue weighted by molar-refractivity contribution is 8.13. The van der Waals surface area contributed by atoms with Gasteiger partial charge in [0.25, 0.3) is 10.9 Å². The summed E-state index contributed by atoms with van der Waals surface area (Å²) >= 11 is 1.07. The molecule has 0 aliphatic rings. The Hall–Kier alpha value is -2.93. The van der Waals surface area contributed by atoms with Crippen molar-refractivity contribution in [3.63, 3.8) is 0 Å². The van der Waals surface area contributed by atoms with E-state index < -0.39 is 4.92 Å². The summed E-state index contributed by atoms with van der Waals surface area (Å²) < 4.78 is 0. The third-order valence-corrected chi connectivity index (χ3v) is 4.68. The number of benzene rings is 2. The molecule has 0 saturated heterocycles. The molecular formula is C18H15N3O3S. The Labute approximate surface area is 148 Å². The second-order valence-corrected chi connectivity index (χ2v) is 6.61. The Kier molecular flexibility index (Phi) is 4.67. The predicted octanol–water partition coefficient (Wildman–Crippen LogP) is 4.58. The Balaban J connectivity index is 2.23. The average molecular weight is 353 g/mol. The molecule has 1 heterocycles. The molecule has 0 fully saturated rings. The van der Waals surface area contributed by atoms with E-state index >= 15 is 0 Å². The summed E-state index contributed by atoms with van der Waals surface area (Å²) in [6.45, 7) is 0. The van der Waals surface area contributed by atoms with Gasteiger partial charge in [0.1, 0.15) is 6.20 Å². The molecule has 0 spiro atoms. The number of fused-ring (bicyclic) bond motifs is 1. The minimum absolute atomic E-state index is 0.0558. The van der Waals surface area contributed by atoms with E-state index in [-0.39, 0.29) is 10.9 Å². The molecule has 126 valence electrons. The van der Waals surface area contributed by atoms with Crippen LogP contribution in [0.2, 0.25) is 0 Å². The summed E-state index contributed by atoms with van der Waals surface area (Å²) in [5, 5.41) is 12.0. The molecule has 3 aromatic rings. The fraction of sp³-hybridized carbons (Fsp3) is 0.111. The van der Waals surface area contributed by atoms with E-state index in [1.807, 2.05) is 30.3 Å². The number of amides is 1. The monoisotopic (exact) mass is 353 g/mol. The second kappa shape index (κ2) is 6.90. The summed E-state index contributed by atoms with van der Waals surface area (Å²) in [6.07, 6.45) is 1.28. The third-order valence-electron chi connectivity index (χ3n) is 3.65. The number of thioether (sulfide) groups is 1. The minimum Gasteiger partial charge on any atom is -0.339 e. The molecule has 0 saturated carbocycles. The maximum atomic E-state index is 11.9. The van der Waals surface area contributed by atoms with Gasteiger partial charge in [0.05, 0.1) is 16.0 Å². The summed E-state index contributed by atoms with van der Waals surface area (Å²) in [4.78, 5) is 29.4. The third kappa shape index (κ3) is 3.46. The molecule has 1 aromatic heterocycles. The van der Waals surface area contributed by atoms with Crippen molar-refractivity contribution in [1.29, 1.82) is 0 Å².